The van der Waals surface area contributed by atoms with Crippen molar-refractivity contribution in [3.05, 3.63) is 36.5 Å². The zero-order valence-electron chi connectivity index (χ0n) is 39.5. The molecule has 0 aromatic carbocycles. The van der Waals surface area contributed by atoms with E-state index in [1.54, 1.807) is 0 Å². The Morgan fingerprint density at radius 1 is 0.516 bits per heavy atom. The summed E-state index contributed by atoms with van der Waals surface area (Å²) in [5.74, 6) is -0.389. The second-order valence-electron chi connectivity index (χ2n) is 17.6. The molecule has 2 aliphatic heterocycles. The molecule has 2 saturated heterocycles. The first-order valence-electron chi connectivity index (χ1n) is 25.1. The van der Waals surface area contributed by atoms with Crippen molar-refractivity contribution in [2.24, 2.45) is 0 Å². The number of carbonyl (C=O) groups is 1. The van der Waals surface area contributed by atoms with Gasteiger partial charge in [-0.05, 0) is 64.2 Å². The number of hydrogen-bond donors (Lipinski definition) is 7. The molecule has 0 amide bonds. The lowest BCUT2D eigenvalue weighted by Gasteiger charge is -2.42. The molecule has 11 unspecified atom stereocenters. The molecule has 7 N–H and O–H groups in total. The van der Waals surface area contributed by atoms with Gasteiger partial charge in [0.1, 0.15) is 54.9 Å². The van der Waals surface area contributed by atoms with Crippen LogP contribution < -0.4 is 0 Å². The lowest BCUT2D eigenvalue weighted by atomic mass is 9.98. The van der Waals surface area contributed by atoms with Crippen molar-refractivity contribution in [1.82, 2.24) is 0 Å². The first-order valence-corrected chi connectivity index (χ1v) is 25.1. The van der Waals surface area contributed by atoms with E-state index in [0.717, 1.165) is 83.5 Å². The SMILES string of the molecule is CCC/C=C\C/C=C\CCCCCCCCOCC(COC1OC(COC2OC(CO)C(O)C(O)C2O)C(O)C(O)C1O)OC(=O)CCCCCCC/C=C\CCCCCCCCC. The highest BCUT2D eigenvalue weighted by Gasteiger charge is 2.47. The van der Waals surface area contributed by atoms with E-state index in [-0.39, 0.29) is 25.6 Å². The Hall–Kier alpha value is -1.79. The Labute approximate surface area is 385 Å². The molecule has 11 atom stereocenters. The molecule has 0 saturated carbocycles. The number of hydrogen-bond acceptors (Lipinski definition) is 14. The standard InChI is InChI=1S/C50H90O14/c1-3-5-7-9-11-13-15-17-19-20-21-23-25-27-29-31-33-42(52)62-39(36-59-34-32-30-28-26-24-22-18-16-14-12-10-8-6-4-2)37-60-49-48(58)46(56)44(54)41(64-49)38-61-50-47(57)45(55)43(53)40(35-51)63-50/h8,10,14,16,19-20,39-41,43-51,53-58H,3-7,9,11-13,15,17-18,21-38H2,1-2H3/b10-8-,16-14-,20-19-. The van der Waals surface area contributed by atoms with Crippen LogP contribution >= 0.6 is 0 Å². The van der Waals surface area contributed by atoms with Crippen molar-refractivity contribution in [2.45, 2.75) is 242 Å². The van der Waals surface area contributed by atoms with Crippen LogP contribution in [0.15, 0.2) is 36.5 Å². The summed E-state index contributed by atoms with van der Waals surface area (Å²) in [5, 5.41) is 72.0. The fourth-order valence-electron chi connectivity index (χ4n) is 7.73. The van der Waals surface area contributed by atoms with Gasteiger partial charge in [0.15, 0.2) is 12.6 Å². The predicted molar refractivity (Wildman–Crippen MR) is 247 cm³/mol. The van der Waals surface area contributed by atoms with Gasteiger partial charge in [-0.3, -0.25) is 4.79 Å². The van der Waals surface area contributed by atoms with Crippen LogP contribution in [0, 0.1) is 0 Å². The molecular formula is C50H90O14. The maximum atomic E-state index is 13.0. The minimum atomic E-state index is -1.71. The topological polar surface area (TPSA) is 214 Å². The molecule has 0 aromatic heterocycles. The number of ether oxygens (including phenoxy) is 6. The van der Waals surface area contributed by atoms with E-state index in [2.05, 4.69) is 50.3 Å². The second kappa shape index (κ2) is 38.2. The largest absolute Gasteiger partial charge is 0.457 e. The average molecular weight is 915 g/mol. The summed E-state index contributed by atoms with van der Waals surface area (Å²) in [6, 6.07) is 0. The van der Waals surface area contributed by atoms with Crippen molar-refractivity contribution < 1.29 is 69.0 Å². The van der Waals surface area contributed by atoms with E-state index in [0.29, 0.717) is 13.0 Å². The third-order valence-electron chi connectivity index (χ3n) is 11.9. The van der Waals surface area contributed by atoms with E-state index < -0.39 is 80.7 Å². The van der Waals surface area contributed by atoms with E-state index in [4.69, 9.17) is 28.4 Å². The Morgan fingerprint density at radius 2 is 1.00 bits per heavy atom. The monoisotopic (exact) mass is 915 g/mol. The molecule has 0 aromatic rings. The predicted octanol–water partition coefficient (Wildman–Crippen LogP) is 7.02. The van der Waals surface area contributed by atoms with Crippen LogP contribution in [0.2, 0.25) is 0 Å². The molecule has 2 aliphatic rings. The van der Waals surface area contributed by atoms with Crippen LogP contribution in [0.4, 0.5) is 0 Å². The van der Waals surface area contributed by atoms with Gasteiger partial charge in [-0.25, -0.2) is 0 Å². The molecule has 0 spiro atoms. The number of esters is 1. The fourth-order valence-corrected chi connectivity index (χ4v) is 7.73. The van der Waals surface area contributed by atoms with Gasteiger partial charge in [0, 0.05) is 13.0 Å². The first kappa shape index (κ1) is 58.3. The number of carbonyl (C=O) groups excluding carboxylic acids is 1. The van der Waals surface area contributed by atoms with Crippen LogP contribution in [-0.2, 0) is 33.2 Å². The van der Waals surface area contributed by atoms with E-state index in [9.17, 15) is 40.5 Å². The van der Waals surface area contributed by atoms with Crippen LogP contribution in [0.1, 0.15) is 174 Å². The molecule has 14 heteroatoms. The second-order valence-corrected chi connectivity index (χ2v) is 17.6. The van der Waals surface area contributed by atoms with E-state index >= 15 is 0 Å². The van der Waals surface area contributed by atoms with Crippen molar-refractivity contribution in [1.29, 1.82) is 0 Å². The van der Waals surface area contributed by atoms with Gasteiger partial charge in [-0.15, -0.1) is 0 Å². The Kier molecular flexibility index (Phi) is 34.8. The van der Waals surface area contributed by atoms with E-state index in [1.807, 2.05) is 0 Å². The van der Waals surface area contributed by atoms with Crippen LogP contribution in [-0.4, -0.2) is 142 Å². The summed E-state index contributed by atoms with van der Waals surface area (Å²) < 4.78 is 34.2. The number of aliphatic hydroxyl groups is 7. The maximum Gasteiger partial charge on any atom is 0.306 e. The maximum absolute atomic E-state index is 13.0. The molecule has 2 rings (SSSR count). The molecule has 0 bridgehead atoms. The molecule has 0 aliphatic carbocycles. The third kappa shape index (κ3) is 25.9. The fraction of sp³-hybridized carbons (Fsp3) is 0.860. The Morgan fingerprint density at radius 3 is 1.58 bits per heavy atom. The first-order chi connectivity index (χ1) is 31.1. The summed E-state index contributed by atoms with van der Waals surface area (Å²) in [7, 11) is 0. The quantitative estimate of drug-likeness (QED) is 0.0188. The summed E-state index contributed by atoms with van der Waals surface area (Å²) in [4.78, 5) is 13.0. The van der Waals surface area contributed by atoms with Gasteiger partial charge >= 0.3 is 5.97 Å². The zero-order valence-corrected chi connectivity index (χ0v) is 39.5. The highest BCUT2D eigenvalue weighted by atomic mass is 16.7. The summed E-state index contributed by atoms with van der Waals surface area (Å²) in [6.45, 7) is 3.58. The summed E-state index contributed by atoms with van der Waals surface area (Å²) in [6.07, 6.45) is 24.9. The zero-order chi connectivity index (χ0) is 46.6. The van der Waals surface area contributed by atoms with Crippen LogP contribution in [0.25, 0.3) is 0 Å². The lowest BCUT2D eigenvalue weighted by Crippen LogP contribution is -2.61. The lowest BCUT2D eigenvalue weighted by molar-refractivity contribution is -0.332. The smallest absolute Gasteiger partial charge is 0.306 e. The molecule has 0 radical (unpaired) electrons. The van der Waals surface area contributed by atoms with Gasteiger partial charge in [-0.2, -0.15) is 0 Å². The average Bonchev–Trinajstić information content (AvgIpc) is 3.29. The van der Waals surface area contributed by atoms with Crippen LogP contribution in [0.3, 0.4) is 0 Å². The van der Waals surface area contributed by atoms with Crippen molar-refractivity contribution in [3.63, 3.8) is 0 Å². The van der Waals surface area contributed by atoms with Gasteiger partial charge < -0.3 is 64.2 Å². The highest BCUT2D eigenvalue weighted by molar-refractivity contribution is 5.69. The summed E-state index contributed by atoms with van der Waals surface area (Å²) >= 11 is 0. The van der Waals surface area contributed by atoms with Crippen LogP contribution in [0.5, 0.6) is 0 Å². The molecule has 374 valence electrons. The van der Waals surface area contributed by atoms with Gasteiger partial charge in [-0.1, -0.05) is 140 Å². The number of allylic oxidation sites excluding steroid dienone is 6. The molecule has 2 fully saturated rings. The van der Waals surface area contributed by atoms with Gasteiger partial charge in [0.2, 0.25) is 0 Å². The molecular weight excluding hydrogens is 825 g/mol. The highest BCUT2D eigenvalue weighted by Crippen LogP contribution is 2.26. The van der Waals surface area contributed by atoms with Gasteiger partial charge in [0.25, 0.3) is 0 Å². The van der Waals surface area contributed by atoms with Crippen molar-refractivity contribution in [3.8, 4) is 0 Å². The van der Waals surface area contributed by atoms with E-state index in [1.165, 1.54) is 64.2 Å². The normalized spacial score (nSPS) is 27.0. The molecule has 14 nitrogen and oxygen atoms in total. The number of rotatable bonds is 39. The minimum Gasteiger partial charge on any atom is -0.457 e. The minimum absolute atomic E-state index is 0.0514. The Bertz CT molecular complexity index is 1200. The third-order valence-corrected chi connectivity index (χ3v) is 11.9. The van der Waals surface area contributed by atoms with Gasteiger partial charge in [0.05, 0.1) is 26.4 Å². The molecule has 64 heavy (non-hydrogen) atoms. The number of aliphatic hydroxyl groups excluding tert-OH is 7. The molecule has 2 heterocycles. The summed E-state index contributed by atoms with van der Waals surface area (Å²) in [5.41, 5.74) is 0. The Balaban J connectivity index is 1.79. The number of unbranched alkanes of at least 4 members (excludes halogenated alkanes) is 19. The van der Waals surface area contributed by atoms with Crippen molar-refractivity contribution in [2.75, 3.05) is 33.0 Å². The van der Waals surface area contributed by atoms with Crippen molar-refractivity contribution >= 4 is 5.97 Å².